The number of hydrogen-bond acceptors (Lipinski definition) is 5. The highest BCUT2D eigenvalue weighted by molar-refractivity contribution is 14.0. The summed E-state index contributed by atoms with van der Waals surface area (Å²) in [5.74, 6) is 2.46. The first-order valence-corrected chi connectivity index (χ1v) is 12.3. The van der Waals surface area contributed by atoms with E-state index in [1.807, 2.05) is 11.1 Å². The Morgan fingerprint density at radius 1 is 1.12 bits per heavy atom. The van der Waals surface area contributed by atoms with Crippen LogP contribution in [-0.2, 0) is 11.3 Å². The van der Waals surface area contributed by atoms with Crippen molar-refractivity contribution < 1.29 is 4.79 Å². The number of rotatable bonds is 6. The van der Waals surface area contributed by atoms with Gasteiger partial charge in [0.15, 0.2) is 5.96 Å². The van der Waals surface area contributed by atoms with Crippen LogP contribution in [0, 0.1) is 5.92 Å². The highest BCUT2D eigenvalue weighted by Crippen LogP contribution is 2.27. The van der Waals surface area contributed by atoms with Gasteiger partial charge in [0.1, 0.15) is 5.82 Å². The van der Waals surface area contributed by atoms with Crippen LogP contribution in [0.4, 0.5) is 5.82 Å². The van der Waals surface area contributed by atoms with Gasteiger partial charge in [-0.2, -0.15) is 0 Å². The van der Waals surface area contributed by atoms with Crippen molar-refractivity contribution >= 4 is 41.7 Å². The molecule has 184 valence electrons. The number of pyridine rings is 1. The van der Waals surface area contributed by atoms with Crippen molar-refractivity contribution in [2.45, 2.75) is 51.6 Å². The summed E-state index contributed by atoms with van der Waals surface area (Å²) in [7, 11) is 1.79. The van der Waals surface area contributed by atoms with Gasteiger partial charge in [0.2, 0.25) is 5.91 Å². The molecule has 1 saturated carbocycles. The number of carbonyl (C=O) groups excluding carboxylic acids is 1. The molecule has 1 aromatic rings. The van der Waals surface area contributed by atoms with Crippen LogP contribution in [0.5, 0.6) is 0 Å². The molecule has 0 radical (unpaired) electrons. The summed E-state index contributed by atoms with van der Waals surface area (Å²) in [6.07, 6.45) is 7.47. The lowest BCUT2D eigenvalue weighted by molar-refractivity contribution is -0.134. The van der Waals surface area contributed by atoms with Gasteiger partial charge in [-0.15, -0.1) is 24.0 Å². The van der Waals surface area contributed by atoms with Crippen molar-refractivity contribution in [3.05, 3.63) is 23.9 Å². The number of guanidine groups is 1. The fourth-order valence-electron chi connectivity index (χ4n) is 5.08. The normalized spacial score (nSPS) is 22.4. The molecule has 0 bridgehead atoms. The minimum absolute atomic E-state index is 0. The van der Waals surface area contributed by atoms with Gasteiger partial charge in [-0.1, -0.05) is 25.8 Å². The van der Waals surface area contributed by atoms with Gasteiger partial charge >= 0.3 is 0 Å². The monoisotopic (exact) mass is 569 g/mol. The second kappa shape index (κ2) is 12.7. The molecular formula is C24H40IN7O. The molecule has 1 aromatic heterocycles. The van der Waals surface area contributed by atoms with Crippen molar-refractivity contribution in [3.8, 4) is 0 Å². The number of piperazine rings is 1. The van der Waals surface area contributed by atoms with E-state index in [0.717, 1.165) is 82.4 Å². The van der Waals surface area contributed by atoms with Crippen molar-refractivity contribution in [2.24, 2.45) is 10.9 Å². The lowest BCUT2D eigenvalue weighted by atomic mass is 10.1. The molecule has 2 N–H and O–H groups in total. The van der Waals surface area contributed by atoms with Crippen molar-refractivity contribution in [2.75, 3.05) is 57.8 Å². The Morgan fingerprint density at radius 2 is 1.88 bits per heavy atom. The number of aromatic nitrogens is 1. The molecule has 3 heterocycles. The highest BCUT2D eigenvalue weighted by Gasteiger charge is 2.32. The molecular weight excluding hydrogens is 529 g/mol. The maximum Gasteiger partial charge on any atom is 0.225 e. The van der Waals surface area contributed by atoms with E-state index in [1.165, 1.54) is 12.8 Å². The minimum atomic E-state index is 0. The summed E-state index contributed by atoms with van der Waals surface area (Å²) in [5.41, 5.74) is 1.13. The van der Waals surface area contributed by atoms with Gasteiger partial charge in [0, 0.05) is 71.0 Å². The first kappa shape index (κ1) is 26.0. The maximum absolute atomic E-state index is 12.7. The molecule has 9 heteroatoms. The van der Waals surface area contributed by atoms with E-state index < -0.39 is 0 Å². The van der Waals surface area contributed by atoms with Crippen LogP contribution in [0.25, 0.3) is 0 Å². The molecule has 2 aliphatic heterocycles. The van der Waals surface area contributed by atoms with E-state index in [9.17, 15) is 4.79 Å². The molecule has 1 unspecified atom stereocenters. The summed E-state index contributed by atoms with van der Waals surface area (Å²) in [4.78, 5) is 28.6. The van der Waals surface area contributed by atoms with Crippen LogP contribution in [0.1, 0.15) is 44.6 Å². The molecule has 3 aliphatic rings. The zero-order valence-corrected chi connectivity index (χ0v) is 22.5. The predicted molar refractivity (Wildman–Crippen MR) is 144 cm³/mol. The Bertz CT molecular complexity index is 774. The molecule has 3 fully saturated rings. The van der Waals surface area contributed by atoms with Crippen LogP contribution in [0.15, 0.2) is 23.3 Å². The van der Waals surface area contributed by atoms with E-state index in [0.29, 0.717) is 12.5 Å². The van der Waals surface area contributed by atoms with Gasteiger partial charge in [0.25, 0.3) is 0 Å². The number of likely N-dealkylation sites (N-methyl/N-ethyl adjacent to an activating group) is 1. The predicted octanol–water partition coefficient (Wildman–Crippen LogP) is 2.30. The Labute approximate surface area is 215 Å². The number of aliphatic imine (C=N–C) groups is 1. The summed E-state index contributed by atoms with van der Waals surface area (Å²) in [6.45, 7) is 9.93. The Balaban J connectivity index is 0.00000306. The molecule has 1 amide bonds. The summed E-state index contributed by atoms with van der Waals surface area (Å²) >= 11 is 0. The lowest BCUT2D eigenvalue weighted by Gasteiger charge is -2.34. The second-order valence-corrected chi connectivity index (χ2v) is 9.27. The number of nitrogens with zero attached hydrogens (tertiary/aromatic N) is 5. The topological polar surface area (TPSA) is 76.1 Å². The molecule has 1 aliphatic carbocycles. The Hall–Kier alpha value is -1.62. The summed E-state index contributed by atoms with van der Waals surface area (Å²) < 4.78 is 0. The van der Waals surface area contributed by atoms with Crippen LogP contribution in [-0.4, -0.2) is 85.6 Å². The Kier molecular flexibility index (Phi) is 10.0. The van der Waals surface area contributed by atoms with Gasteiger partial charge < -0.3 is 25.3 Å². The third-order valence-corrected chi connectivity index (χ3v) is 7.18. The van der Waals surface area contributed by atoms with Crippen molar-refractivity contribution in [3.63, 3.8) is 0 Å². The van der Waals surface area contributed by atoms with Crippen LogP contribution in [0.3, 0.4) is 0 Å². The Morgan fingerprint density at radius 3 is 2.52 bits per heavy atom. The van der Waals surface area contributed by atoms with Gasteiger partial charge in [-0.05, 0) is 37.4 Å². The molecule has 4 rings (SSSR count). The lowest BCUT2D eigenvalue weighted by Crippen LogP contribution is -2.46. The zero-order chi connectivity index (χ0) is 22.3. The van der Waals surface area contributed by atoms with E-state index in [2.05, 4.69) is 44.5 Å². The number of hydrogen-bond donors (Lipinski definition) is 2. The molecule has 33 heavy (non-hydrogen) atoms. The maximum atomic E-state index is 12.7. The van der Waals surface area contributed by atoms with Crippen LogP contribution in [0.2, 0.25) is 0 Å². The molecule has 0 spiro atoms. The van der Waals surface area contributed by atoms with Crippen molar-refractivity contribution in [1.82, 2.24) is 25.4 Å². The van der Waals surface area contributed by atoms with Crippen LogP contribution < -0.4 is 15.5 Å². The van der Waals surface area contributed by atoms with Crippen molar-refractivity contribution in [1.29, 1.82) is 0 Å². The second-order valence-electron chi connectivity index (χ2n) is 9.27. The number of carbonyl (C=O) groups is 1. The van der Waals surface area contributed by atoms with Gasteiger partial charge in [-0.3, -0.25) is 9.79 Å². The van der Waals surface area contributed by atoms with E-state index >= 15 is 0 Å². The third-order valence-electron chi connectivity index (χ3n) is 7.18. The highest BCUT2D eigenvalue weighted by atomic mass is 127. The number of halogens is 1. The fourth-order valence-corrected chi connectivity index (χ4v) is 5.08. The van der Waals surface area contributed by atoms with E-state index in [1.54, 1.807) is 7.05 Å². The van der Waals surface area contributed by atoms with Crippen LogP contribution >= 0.6 is 24.0 Å². The fraction of sp³-hybridized carbons (Fsp3) is 0.708. The molecule has 1 atom stereocenters. The average molecular weight is 570 g/mol. The minimum Gasteiger partial charge on any atom is -0.354 e. The molecule has 2 saturated heterocycles. The SMILES string of the molecule is CCN1CCN(c2ccc(CNC(=NC)NC3CCN(C(=O)C4CCCC4)C3)cn2)CC1.I. The average Bonchev–Trinajstić information content (AvgIpc) is 3.54. The first-order valence-electron chi connectivity index (χ1n) is 12.3. The molecule has 0 aromatic carbocycles. The quantitative estimate of drug-likeness (QED) is 0.311. The zero-order valence-electron chi connectivity index (χ0n) is 20.1. The summed E-state index contributed by atoms with van der Waals surface area (Å²) in [6, 6.07) is 4.53. The first-order chi connectivity index (χ1) is 15.7. The van der Waals surface area contributed by atoms with Gasteiger partial charge in [0.05, 0.1) is 0 Å². The van der Waals surface area contributed by atoms with E-state index in [-0.39, 0.29) is 35.9 Å². The number of likely N-dealkylation sites (tertiary alicyclic amines) is 1. The van der Waals surface area contributed by atoms with Gasteiger partial charge in [-0.25, -0.2) is 4.98 Å². The summed E-state index contributed by atoms with van der Waals surface area (Å²) in [5, 5.41) is 6.90. The number of amides is 1. The number of nitrogens with one attached hydrogen (secondary N) is 2. The standard InChI is InChI=1S/C24H39N7O.HI/c1-3-29-12-14-30(15-13-29)22-9-8-19(16-26-22)17-27-24(25-2)28-21-10-11-31(18-21)23(32)20-6-4-5-7-20;/h8-9,16,20-21H,3-7,10-15,17-18H2,1-2H3,(H2,25,27,28);1H. The third kappa shape index (κ3) is 6.94. The largest absolute Gasteiger partial charge is 0.354 e. The smallest absolute Gasteiger partial charge is 0.225 e. The number of anilines is 1. The molecule has 8 nitrogen and oxygen atoms in total. The van der Waals surface area contributed by atoms with E-state index in [4.69, 9.17) is 4.98 Å².